The number of aryl methyl sites for hydroxylation is 1. The van der Waals surface area contributed by atoms with Gasteiger partial charge < -0.3 is 14.0 Å². The van der Waals surface area contributed by atoms with Crippen LogP contribution in [0.5, 0.6) is 0 Å². The Balaban J connectivity index is 1.36. The molecule has 6 rings (SSSR count). The van der Waals surface area contributed by atoms with E-state index in [4.69, 9.17) is 4.98 Å². The van der Waals surface area contributed by atoms with Crippen molar-refractivity contribution >= 4 is 16.9 Å². The summed E-state index contributed by atoms with van der Waals surface area (Å²) in [6, 6.07) is 12.0. The summed E-state index contributed by atoms with van der Waals surface area (Å²) in [4.78, 5) is 29.4. The molecule has 5 heterocycles. The smallest absolute Gasteiger partial charge is 0.261 e. The second-order valence-electron chi connectivity index (χ2n) is 8.37. The molecule has 2 aliphatic rings. The predicted octanol–water partition coefficient (Wildman–Crippen LogP) is 2.82. The van der Waals surface area contributed by atoms with Gasteiger partial charge in [-0.2, -0.15) is 0 Å². The molecule has 0 saturated carbocycles. The SMILES string of the molecule is Cn1ccnc1-c1ccc2n(c1=O)C[C@H]1C[C@@H]2CN(c2cnc3ccccc3n2)C1. The van der Waals surface area contributed by atoms with Crippen LogP contribution in [0, 0.1) is 5.92 Å². The molecule has 2 atom stereocenters. The Kier molecular flexibility index (Phi) is 3.78. The quantitative estimate of drug-likeness (QED) is 0.519. The van der Waals surface area contributed by atoms with Crippen LogP contribution in [-0.4, -0.2) is 37.2 Å². The Labute approximate surface area is 173 Å². The first-order chi connectivity index (χ1) is 14.7. The summed E-state index contributed by atoms with van der Waals surface area (Å²) in [6.45, 7) is 2.48. The van der Waals surface area contributed by atoms with Crippen LogP contribution in [0.3, 0.4) is 0 Å². The van der Waals surface area contributed by atoms with Gasteiger partial charge >= 0.3 is 0 Å². The van der Waals surface area contributed by atoms with E-state index >= 15 is 0 Å². The van der Waals surface area contributed by atoms with E-state index in [1.165, 1.54) is 0 Å². The van der Waals surface area contributed by atoms with Gasteiger partial charge in [0.15, 0.2) is 0 Å². The van der Waals surface area contributed by atoms with E-state index in [0.29, 0.717) is 17.4 Å². The van der Waals surface area contributed by atoms with E-state index in [1.807, 2.05) is 58.9 Å². The first-order valence-corrected chi connectivity index (χ1v) is 10.4. The largest absolute Gasteiger partial charge is 0.354 e. The van der Waals surface area contributed by atoms with E-state index in [0.717, 1.165) is 54.4 Å². The molecule has 1 aromatic carbocycles. The Morgan fingerprint density at radius 1 is 1.00 bits per heavy atom. The third-order valence-corrected chi connectivity index (χ3v) is 6.43. The molecule has 30 heavy (non-hydrogen) atoms. The zero-order valence-electron chi connectivity index (χ0n) is 16.8. The average molecular weight is 398 g/mol. The molecular formula is C23H22N6O. The van der Waals surface area contributed by atoms with Crippen molar-refractivity contribution in [3.63, 3.8) is 0 Å². The number of hydrogen-bond donors (Lipinski definition) is 0. The number of nitrogens with zero attached hydrogens (tertiary/aromatic N) is 6. The van der Waals surface area contributed by atoms with Crippen LogP contribution >= 0.6 is 0 Å². The van der Waals surface area contributed by atoms with Crippen molar-refractivity contribution < 1.29 is 0 Å². The number of benzene rings is 1. The molecule has 1 fully saturated rings. The molecule has 3 aromatic heterocycles. The number of aromatic nitrogens is 5. The fraction of sp³-hybridized carbons (Fsp3) is 0.304. The number of pyridine rings is 1. The Hall–Kier alpha value is -3.48. The highest BCUT2D eigenvalue weighted by atomic mass is 16.1. The molecular weight excluding hydrogens is 376 g/mol. The monoisotopic (exact) mass is 398 g/mol. The third-order valence-electron chi connectivity index (χ3n) is 6.43. The van der Waals surface area contributed by atoms with Crippen LogP contribution < -0.4 is 10.5 Å². The number of anilines is 1. The van der Waals surface area contributed by atoms with Gasteiger partial charge in [-0.15, -0.1) is 0 Å². The topological polar surface area (TPSA) is 68.8 Å². The van der Waals surface area contributed by atoms with Crippen molar-refractivity contribution in [3.8, 4) is 11.4 Å². The lowest BCUT2D eigenvalue weighted by molar-refractivity contribution is 0.281. The Morgan fingerprint density at radius 2 is 1.87 bits per heavy atom. The Bertz CT molecular complexity index is 1320. The van der Waals surface area contributed by atoms with Crippen LogP contribution in [0.25, 0.3) is 22.4 Å². The summed E-state index contributed by atoms with van der Waals surface area (Å²) in [5, 5.41) is 0. The van der Waals surface area contributed by atoms with Crippen molar-refractivity contribution in [1.29, 1.82) is 0 Å². The van der Waals surface area contributed by atoms with E-state index < -0.39 is 0 Å². The van der Waals surface area contributed by atoms with Crippen LogP contribution in [0.15, 0.2) is 59.8 Å². The maximum Gasteiger partial charge on any atom is 0.261 e. The summed E-state index contributed by atoms with van der Waals surface area (Å²) >= 11 is 0. The minimum absolute atomic E-state index is 0.0652. The lowest BCUT2D eigenvalue weighted by atomic mass is 9.83. The van der Waals surface area contributed by atoms with Gasteiger partial charge in [0.25, 0.3) is 5.56 Å². The van der Waals surface area contributed by atoms with Gasteiger partial charge in [0, 0.05) is 50.7 Å². The number of imidazole rings is 1. The second kappa shape index (κ2) is 6.52. The average Bonchev–Trinajstić information content (AvgIpc) is 3.19. The molecule has 2 bridgehead atoms. The normalized spacial score (nSPS) is 20.4. The van der Waals surface area contributed by atoms with Gasteiger partial charge in [-0.05, 0) is 36.6 Å². The standard InChI is InChI=1S/C23H22N6O/c1-27-9-8-24-22(27)17-6-7-20-16-10-15(13-29(20)23(17)30)12-28(14-16)21-11-25-18-4-2-3-5-19(18)26-21/h2-9,11,15-16H,10,12-14H2,1H3/t15-,16+/m0/s1. The lowest BCUT2D eigenvalue weighted by Crippen LogP contribution is -2.47. The first-order valence-electron chi connectivity index (χ1n) is 10.4. The lowest BCUT2D eigenvalue weighted by Gasteiger charge is -2.43. The van der Waals surface area contributed by atoms with Gasteiger partial charge in [-0.1, -0.05) is 12.1 Å². The maximum absolute atomic E-state index is 13.3. The van der Waals surface area contributed by atoms with E-state index in [9.17, 15) is 4.79 Å². The van der Waals surface area contributed by atoms with Gasteiger partial charge in [-0.25, -0.2) is 9.97 Å². The molecule has 0 amide bonds. The highest BCUT2D eigenvalue weighted by Gasteiger charge is 2.35. The summed E-state index contributed by atoms with van der Waals surface area (Å²) in [6.07, 6.45) is 6.59. The number of fused-ring (bicyclic) bond motifs is 5. The minimum Gasteiger partial charge on any atom is -0.354 e. The molecule has 4 aromatic rings. The molecule has 0 radical (unpaired) electrons. The van der Waals surface area contributed by atoms with E-state index in [-0.39, 0.29) is 5.56 Å². The zero-order chi connectivity index (χ0) is 20.2. The third kappa shape index (κ3) is 2.65. The minimum atomic E-state index is 0.0652. The number of hydrogen-bond acceptors (Lipinski definition) is 5. The van der Waals surface area contributed by atoms with E-state index in [1.54, 1.807) is 6.20 Å². The molecule has 1 saturated heterocycles. The Morgan fingerprint density at radius 3 is 2.70 bits per heavy atom. The molecule has 2 aliphatic heterocycles. The van der Waals surface area contributed by atoms with Crippen molar-refractivity contribution in [2.24, 2.45) is 13.0 Å². The van der Waals surface area contributed by atoms with Crippen molar-refractivity contribution in [2.45, 2.75) is 18.9 Å². The number of para-hydroxylation sites is 2. The molecule has 150 valence electrons. The fourth-order valence-corrected chi connectivity index (χ4v) is 5.03. The number of piperidine rings is 1. The highest BCUT2D eigenvalue weighted by Crippen LogP contribution is 2.37. The molecule has 7 heteroatoms. The first kappa shape index (κ1) is 17.4. The van der Waals surface area contributed by atoms with Crippen LogP contribution in [0.2, 0.25) is 0 Å². The predicted molar refractivity (Wildman–Crippen MR) is 116 cm³/mol. The summed E-state index contributed by atoms with van der Waals surface area (Å²) < 4.78 is 3.87. The van der Waals surface area contributed by atoms with Crippen LogP contribution in [0.4, 0.5) is 5.82 Å². The van der Waals surface area contributed by atoms with Crippen LogP contribution in [0.1, 0.15) is 18.0 Å². The van der Waals surface area contributed by atoms with Crippen molar-refractivity contribution in [1.82, 2.24) is 24.1 Å². The van der Waals surface area contributed by atoms with Gasteiger partial charge in [0.05, 0.1) is 22.8 Å². The molecule has 0 aliphatic carbocycles. The molecule has 0 spiro atoms. The molecule has 0 N–H and O–H groups in total. The van der Waals surface area contributed by atoms with Crippen molar-refractivity contribution in [2.75, 3.05) is 18.0 Å². The summed E-state index contributed by atoms with van der Waals surface area (Å²) in [5.41, 5.74) is 3.69. The fourth-order valence-electron chi connectivity index (χ4n) is 5.03. The van der Waals surface area contributed by atoms with Gasteiger partial charge in [0.2, 0.25) is 0 Å². The van der Waals surface area contributed by atoms with E-state index in [2.05, 4.69) is 20.9 Å². The van der Waals surface area contributed by atoms with Crippen LogP contribution in [-0.2, 0) is 13.6 Å². The summed E-state index contributed by atoms with van der Waals surface area (Å²) in [5.74, 6) is 2.37. The molecule has 7 nitrogen and oxygen atoms in total. The van der Waals surface area contributed by atoms with Gasteiger partial charge in [0.1, 0.15) is 11.6 Å². The summed E-state index contributed by atoms with van der Waals surface area (Å²) in [7, 11) is 1.92. The number of rotatable bonds is 2. The van der Waals surface area contributed by atoms with Gasteiger partial charge in [-0.3, -0.25) is 9.78 Å². The maximum atomic E-state index is 13.3. The second-order valence-corrected chi connectivity index (χ2v) is 8.37. The molecule has 0 unspecified atom stereocenters. The zero-order valence-corrected chi connectivity index (χ0v) is 16.8. The van der Waals surface area contributed by atoms with Crippen molar-refractivity contribution in [3.05, 3.63) is 71.0 Å². The highest BCUT2D eigenvalue weighted by molar-refractivity contribution is 5.75.